The standard InChI is InChI=1S/C21H20ClNO/c1-16-7-5-6-10-20(16)23-14-18-13-19(22)11-12-21(18)24-15-17-8-3-2-4-9-17/h2-13,23H,14-15H2,1H3. The van der Waals surface area contributed by atoms with E-state index in [4.69, 9.17) is 16.3 Å². The van der Waals surface area contributed by atoms with Crippen LogP contribution in [-0.2, 0) is 13.2 Å². The van der Waals surface area contributed by atoms with Gasteiger partial charge in [-0.2, -0.15) is 0 Å². The molecule has 0 aliphatic rings. The van der Waals surface area contributed by atoms with Crippen molar-refractivity contribution >= 4 is 17.3 Å². The van der Waals surface area contributed by atoms with Gasteiger partial charge in [-0.15, -0.1) is 0 Å². The van der Waals surface area contributed by atoms with Crippen molar-refractivity contribution < 1.29 is 4.74 Å². The molecule has 0 amide bonds. The molecule has 0 fully saturated rings. The number of rotatable bonds is 6. The lowest BCUT2D eigenvalue weighted by Crippen LogP contribution is -2.04. The van der Waals surface area contributed by atoms with Gasteiger partial charge in [0.05, 0.1) is 0 Å². The Bertz CT molecular complexity index is 802. The molecule has 0 unspecified atom stereocenters. The van der Waals surface area contributed by atoms with E-state index >= 15 is 0 Å². The summed E-state index contributed by atoms with van der Waals surface area (Å²) in [7, 11) is 0. The summed E-state index contributed by atoms with van der Waals surface area (Å²) in [6.07, 6.45) is 0. The van der Waals surface area contributed by atoms with Crippen LogP contribution < -0.4 is 10.1 Å². The molecule has 3 heteroatoms. The zero-order chi connectivity index (χ0) is 16.8. The van der Waals surface area contributed by atoms with Gasteiger partial charge in [-0.1, -0.05) is 60.1 Å². The fourth-order valence-corrected chi connectivity index (χ4v) is 2.72. The van der Waals surface area contributed by atoms with Crippen LogP contribution in [0.5, 0.6) is 5.75 Å². The van der Waals surface area contributed by atoms with E-state index in [-0.39, 0.29) is 0 Å². The molecule has 24 heavy (non-hydrogen) atoms. The third-order valence-electron chi connectivity index (χ3n) is 3.87. The second-order valence-electron chi connectivity index (χ2n) is 5.69. The molecule has 122 valence electrons. The maximum Gasteiger partial charge on any atom is 0.124 e. The normalized spacial score (nSPS) is 10.4. The monoisotopic (exact) mass is 337 g/mol. The summed E-state index contributed by atoms with van der Waals surface area (Å²) in [6, 6.07) is 24.1. The molecule has 3 rings (SSSR count). The van der Waals surface area contributed by atoms with Crippen LogP contribution in [0.2, 0.25) is 5.02 Å². The Morgan fingerprint density at radius 3 is 2.46 bits per heavy atom. The van der Waals surface area contributed by atoms with E-state index in [1.54, 1.807) is 0 Å². The summed E-state index contributed by atoms with van der Waals surface area (Å²) in [5.41, 5.74) is 4.52. The van der Waals surface area contributed by atoms with Gasteiger partial charge in [0.2, 0.25) is 0 Å². The van der Waals surface area contributed by atoms with Crippen molar-refractivity contribution in [1.82, 2.24) is 0 Å². The van der Waals surface area contributed by atoms with Gasteiger partial charge in [-0.25, -0.2) is 0 Å². The summed E-state index contributed by atoms with van der Waals surface area (Å²) in [5.74, 6) is 0.851. The van der Waals surface area contributed by atoms with Crippen LogP contribution in [0.3, 0.4) is 0 Å². The first kappa shape index (κ1) is 16.4. The Hall–Kier alpha value is -2.45. The minimum Gasteiger partial charge on any atom is -0.489 e. The van der Waals surface area contributed by atoms with Crippen LogP contribution in [0, 0.1) is 6.92 Å². The van der Waals surface area contributed by atoms with Gasteiger partial charge >= 0.3 is 0 Å². The molecule has 0 saturated carbocycles. The minimum atomic E-state index is 0.542. The quantitative estimate of drug-likeness (QED) is 0.610. The highest BCUT2D eigenvalue weighted by molar-refractivity contribution is 6.30. The fourth-order valence-electron chi connectivity index (χ4n) is 2.52. The Morgan fingerprint density at radius 2 is 1.67 bits per heavy atom. The summed E-state index contributed by atoms with van der Waals surface area (Å²) in [5, 5.41) is 4.17. The van der Waals surface area contributed by atoms with Gasteiger partial charge in [-0.05, 0) is 42.3 Å². The Kier molecular flexibility index (Phi) is 5.39. The van der Waals surface area contributed by atoms with Crippen LogP contribution in [0.4, 0.5) is 5.69 Å². The van der Waals surface area contributed by atoms with Gasteiger partial charge in [0.15, 0.2) is 0 Å². The van der Waals surface area contributed by atoms with Gasteiger partial charge in [0.25, 0.3) is 0 Å². The molecular formula is C21H20ClNO. The predicted molar refractivity (Wildman–Crippen MR) is 101 cm³/mol. The van der Waals surface area contributed by atoms with E-state index in [1.807, 2.05) is 48.5 Å². The Balaban J connectivity index is 1.72. The summed E-state index contributed by atoms with van der Waals surface area (Å²) >= 11 is 6.16. The number of halogens is 1. The van der Waals surface area contributed by atoms with Crippen LogP contribution in [0.15, 0.2) is 72.8 Å². The zero-order valence-electron chi connectivity index (χ0n) is 13.6. The molecule has 0 aromatic heterocycles. The van der Waals surface area contributed by atoms with Crippen molar-refractivity contribution in [1.29, 1.82) is 0 Å². The summed E-state index contributed by atoms with van der Waals surface area (Å²) < 4.78 is 6.00. The van der Waals surface area contributed by atoms with E-state index in [1.165, 1.54) is 5.56 Å². The van der Waals surface area contributed by atoms with E-state index in [9.17, 15) is 0 Å². The third kappa shape index (κ3) is 4.30. The molecule has 0 heterocycles. The molecule has 3 aromatic carbocycles. The molecular weight excluding hydrogens is 318 g/mol. The van der Waals surface area contributed by atoms with Crippen LogP contribution >= 0.6 is 11.6 Å². The van der Waals surface area contributed by atoms with Gasteiger partial charge in [0, 0.05) is 22.8 Å². The molecule has 1 N–H and O–H groups in total. The lowest BCUT2D eigenvalue weighted by molar-refractivity contribution is 0.303. The number of anilines is 1. The molecule has 3 aromatic rings. The smallest absolute Gasteiger partial charge is 0.124 e. The topological polar surface area (TPSA) is 21.3 Å². The number of para-hydroxylation sites is 1. The number of ether oxygens (including phenoxy) is 1. The highest BCUT2D eigenvalue weighted by atomic mass is 35.5. The highest BCUT2D eigenvalue weighted by Gasteiger charge is 2.06. The average molecular weight is 338 g/mol. The second kappa shape index (κ2) is 7.89. The number of nitrogens with one attached hydrogen (secondary N) is 1. The number of aryl methyl sites for hydroxylation is 1. The molecule has 0 aliphatic carbocycles. The predicted octanol–water partition coefficient (Wildman–Crippen LogP) is 5.84. The lowest BCUT2D eigenvalue weighted by atomic mass is 10.1. The first-order chi connectivity index (χ1) is 11.7. The first-order valence-electron chi connectivity index (χ1n) is 7.97. The Labute approximate surface area is 148 Å². The van der Waals surface area contributed by atoms with E-state index in [0.717, 1.165) is 22.6 Å². The van der Waals surface area contributed by atoms with Crippen LogP contribution in [-0.4, -0.2) is 0 Å². The van der Waals surface area contributed by atoms with E-state index < -0.39 is 0 Å². The highest BCUT2D eigenvalue weighted by Crippen LogP contribution is 2.25. The first-order valence-corrected chi connectivity index (χ1v) is 8.35. The van der Waals surface area contributed by atoms with Crippen molar-refractivity contribution in [3.8, 4) is 5.75 Å². The largest absolute Gasteiger partial charge is 0.489 e. The lowest BCUT2D eigenvalue weighted by Gasteiger charge is -2.14. The SMILES string of the molecule is Cc1ccccc1NCc1cc(Cl)ccc1OCc1ccccc1. The van der Waals surface area contributed by atoms with E-state index in [2.05, 4.69) is 36.5 Å². The maximum atomic E-state index is 6.16. The average Bonchev–Trinajstić information content (AvgIpc) is 2.61. The molecule has 0 aliphatic heterocycles. The molecule has 0 radical (unpaired) electrons. The van der Waals surface area contributed by atoms with Crippen molar-refractivity contribution in [3.63, 3.8) is 0 Å². The van der Waals surface area contributed by atoms with Crippen molar-refractivity contribution in [2.45, 2.75) is 20.1 Å². The summed E-state index contributed by atoms with van der Waals surface area (Å²) in [6.45, 7) is 3.29. The molecule has 0 spiro atoms. The van der Waals surface area contributed by atoms with Crippen LogP contribution in [0.25, 0.3) is 0 Å². The fraction of sp³-hybridized carbons (Fsp3) is 0.143. The maximum absolute atomic E-state index is 6.16. The van der Waals surface area contributed by atoms with E-state index in [0.29, 0.717) is 18.2 Å². The van der Waals surface area contributed by atoms with Crippen molar-refractivity contribution in [2.75, 3.05) is 5.32 Å². The molecule has 0 bridgehead atoms. The van der Waals surface area contributed by atoms with Crippen molar-refractivity contribution in [2.24, 2.45) is 0 Å². The van der Waals surface area contributed by atoms with Crippen molar-refractivity contribution in [3.05, 3.63) is 94.5 Å². The zero-order valence-corrected chi connectivity index (χ0v) is 14.4. The van der Waals surface area contributed by atoms with Crippen LogP contribution in [0.1, 0.15) is 16.7 Å². The molecule has 0 atom stereocenters. The Morgan fingerprint density at radius 1 is 0.917 bits per heavy atom. The second-order valence-corrected chi connectivity index (χ2v) is 6.13. The third-order valence-corrected chi connectivity index (χ3v) is 4.11. The molecule has 2 nitrogen and oxygen atoms in total. The number of benzene rings is 3. The van der Waals surface area contributed by atoms with Gasteiger partial charge in [-0.3, -0.25) is 0 Å². The number of hydrogen-bond donors (Lipinski definition) is 1. The number of hydrogen-bond acceptors (Lipinski definition) is 2. The molecule has 0 saturated heterocycles. The summed E-state index contributed by atoms with van der Waals surface area (Å²) in [4.78, 5) is 0. The minimum absolute atomic E-state index is 0.542. The van der Waals surface area contributed by atoms with Gasteiger partial charge in [0.1, 0.15) is 12.4 Å². The van der Waals surface area contributed by atoms with Gasteiger partial charge < -0.3 is 10.1 Å².